The summed E-state index contributed by atoms with van der Waals surface area (Å²) in [6.45, 7) is 2.33. The number of H-pyrrole nitrogens is 1. The summed E-state index contributed by atoms with van der Waals surface area (Å²) in [4.78, 5) is 28.1. The maximum Gasteiger partial charge on any atom is 0.407 e. The number of pyridine rings is 1. The van der Waals surface area contributed by atoms with E-state index in [1.807, 2.05) is 36.9 Å². The number of β-amino-alcohol motifs (C(OH)–C–C–N with tert-alkyl or cyclic N) is 1. The predicted molar refractivity (Wildman–Crippen MR) is 131 cm³/mol. The fourth-order valence-corrected chi connectivity index (χ4v) is 4.96. The van der Waals surface area contributed by atoms with Gasteiger partial charge in [-0.05, 0) is 29.7 Å². The molecule has 10 heteroatoms. The minimum absolute atomic E-state index is 0.0723. The van der Waals surface area contributed by atoms with Crippen molar-refractivity contribution in [1.82, 2.24) is 29.3 Å². The molecule has 0 radical (unpaired) electrons. The highest BCUT2D eigenvalue weighted by Gasteiger charge is 2.30. The molecule has 1 fully saturated rings. The second kappa shape index (κ2) is 8.96. The molecule has 4 heterocycles. The Morgan fingerprint density at radius 1 is 1.29 bits per heavy atom. The van der Waals surface area contributed by atoms with Gasteiger partial charge < -0.3 is 30.0 Å². The summed E-state index contributed by atoms with van der Waals surface area (Å²) >= 11 is 0. The molecule has 1 aromatic carbocycles. The second-order valence-corrected chi connectivity index (χ2v) is 8.77. The van der Waals surface area contributed by atoms with E-state index in [0.29, 0.717) is 32.6 Å². The van der Waals surface area contributed by atoms with Gasteiger partial charge in [-0.1, -0.05) is 18.2 Å². The molecule has 1 atom stereocenters. The minimum atomic E-state index is -0.896. The summed E-state index contributed by atoms with van der Waals surface area (Å²) in [5.41, 5.74) is 5.65. The topological polar surface area (TPSA) is 123 Å². The number of nitrogens with zero attached hydrogens (tertiary/aromatic N) is 5. The molecule has 0 aliphatic carbocycles. The van der Waals surface area contributed by atoms with Crippen molar-refractivity contribution in [2.24, 2.45) is 7.05 Å². The molecule has 1 saturated heterocycles. The van der Waals surface area contributed by atoms with Crippen LogP contribution in [0.5, 0.6) is 0 Å². The number of piperazine rings is 1. The molecule has 5 rings (SSSR count). The Morgan fingerprint density at radius 2 is 2.15 bits per heavy atom. The smallest absolute Gasteiger partial charge is 0.407 e. The average molecular weight is 464 g/mol. The Bertz CT molecular complexity index is 1350. The number of rotatable bonds is 6. The third-order valence-corrected chi connectivity index (χ3v) is 6.61. The summed E-state index contributed by atoms with van der Waals surface area (Å²) in [6.07, 6.45) is 1.50. The van der Waals surface area contributed by atoms with Crippen molar-refractivity contribution >= 4 is 34.0 Å². The number of aryl methyl sites for hydroxylation is 1. The van der Waals surface area contributed by atoms with Gasteiger partial charge >= 0.3 is 6.09 Å². The molecule has 0 saturated carbocycles. The average Bonchev–Trinajstić information content (AvgIpc) is 3.42. The van der Waals surface area contributed by atoms with Crippen LogP contribution in [0.2, 0.25) is 0 Å². The van der Waals surface area contributed by atoms with Crippen molar-refractivity contribution in [1.29, 1.82) is 0 Å². The highest BCUT2D eigenvalue weighted by molar-refractivity contribution is 6.07. The maximum absolute atomic E-state index is 11.8. The summed E-state index contributed by atoms with van der Waals surface area (Å²) in [5, 5.41) is 23.1. The molecule has 0 spiro atoms. The van der Waals surface area contributed by atoms with Crippen LogP contribution in [-0.4, -0.2) is 91.5 Å². The molecule has 1 aliphatic rings. The highest BCUT2D eigenvalue weighted by atomic mass is 16.4. The number of aromatic amines is 1. The molecular weight excluding hydrogens is 434 g/mol. The van der Waals surface area contributed by atoms with Crippen LogP contribution < -0.4 is 5.32 Å². The lowest BCUT2D eigenvalue weighted by Gasteiger charge is -2.40. The number of carboxylic acid groups (broad SMARTS) is 1. The molecule has 1 aliphatic heterocycles. The zero-order chi connectivity index (χ0) is 23.8. The van der Waals surface area contributed by atoms with Gasteiger partial charge in [0.05, 0.1) is 24.5 Å². The van der Waals surface area contributed by atoms with Gasteiger partial charge in [0.25, 0.3) is 0 Å². The maximum atomic E-state index is 11.8. The van der Waals surface area contributed by atoms with Crippen LogP contribution in [0.25, 0.3) is 33.3 Å². The summed E-state index contributed by atoms with van der Waals surface area (Å²) < 4.78 is 2.00. The fraction of sp³-hybridized carbons (Fsp3) is 0.375. The predicted octanol–water partition coefficient (Wildman–Crippen LogP) is 2.36. The number of aliphatic hydroxyl groups is 1. The van der Waals surface area contributed by atoms with Gasteiger partial charge in [-0.3, -0.25) is 4.90 Å². The SMILES string of the molecule is CNc1nc2[nH]c(-c3cccc(CC4CN(CCO)CCN4C(=O)O)c3)cc2c2c1ncn2C. The molecule has 34 heavy (non-hydrogen) atoms. The Balaban J connectivity index is 1.47. The first-order valence-corrected chi connectivity index (χ1v) is 11.4. The molecule has 4 aromatic rings. The number of aromatic nitrogens is 4. The first-order valence-electron chi connectivity index (χ1n) is 11.4. The Morgan fingerprint density at radius 3 is 2.91 bits per heavy atom. The zero-order valence-corrected chi connectivity index (χ0v) is 19.3. The van der Waals surface area contributed by atoms with Gasteiger partial charge in [0.1, 0.15) is 11.2 Å². The number of hydrogen-bond acceptors (Lipinski definition) is 6. The van der Waals surface area contributed by atoms with E-state index in [9.17, 15) is 15.0 Å². The van der Waals surface area contributed by atoms with Crippen LogP contribution in [0.15, 0.2) is 36.7 Å². The zero-order valence-electron chi connectivity index (χ0n) is 19.3. The van der Waals surface area contributed by atoms with Crippen molar-refractivity contribution in [2.45, 2.75) is 12.5 Å². The lowest BCUT2D eigenvalue weighted by molar-refractivity contribution is 0.0601. The highest BCUT2D eigenvalue weighted by Crippen LogP contribution is 2.32. The lowest BCUT2D eigenvalue weighted by atomic mass is 9.99. The molecular formula is C24H29N7O3. The summed E-state index contributed by atoms with van der Waals surface area (Å²) in [7, 11) is 3.81. The number of carbonyl (C=O) groups is 1. The molecule has 10 nitrogen and oxygen atoms in total. The van der Waals surface area contributed by atoms with Crippen LogP contribution >= 0.6 is 0 Å². The molecule has 3 aromatic heterocycles. The fourth-order valence-electron chi connectivity index (χ4n) is 4.96. The largest absolute Gasteiger partial charge is 0.465 e. The molecule has 1 unspecified atom stereocenters. The third kappa shape index (κ3) is 3.95. The monoisotopic (exact) mass is 463 g/mol. The number of anilines is 1. The number of fused-ring (bicyclic) bond motifs is 3. The van der Waals surface area contributed by atoms with Crippen LogP contribution in [0.4, 0.5) is 10.6 Å². The quantitative estimate of drug-likeness (QED) is 0.346. The normalized spacial score (nSPS) is 17.0. The van der Waals surface area contributed by atoms with Crippen molar-refractivity contribution < 1.29 is 15.0 Å². The standard InChI is InChI=1S/C24H29N7O3/c1-25-23-20-21(29(2)14-26-20)18-12-19(27-22(18)28-23)16-5-3-4-15(10-16)11-17-13-30(8-9-32)6-7-31(17)24(33)34/h3-5,10,12,14,17,32H,6-9,11,13H2,1-2H3,(H,33,34)(H2,25,27,28). The van der Waals surface area contributed by atoms with E-state index in [4.69, 9.17) is 4.98 Å². The Hall–Kier alpha value is -3.63. The molecule has 1 amide bonds. The van der Waals surface area contributed by atoms with Gasteiger partial charge in [0.2, 0.25) is 0 Å². The third-order valence-electron chi connectivity index (χ3n) is 6.61. The van der Waals surface area contributed by atoms with E-state index in [2.05, 4.69) is 32.3 Å². The van der Waals surface area contributed by atoms with Crippen molar-refractivity contribution in [3.63, 3.8) is 0 Å². The van der Waals surface area contributed by atoms with Gasteiger partial charge in [0, 0.05) is 51.4 Å². The van der Waals surface area contributed by atoms with Crippen molar-refractivity contribution in [2.75, 3.05) is 45.2 Å². The van der Waals surface area contributed by atoms with Crippen LogP contribution in [0, 0.1) is 0 Å². The number of nitrogens with one attached hydrogen (secondary N) is 2. The van der Waals surface area contributed by atoms with Gasteiger partial charge in [-0.2, -0.15) is 0 Å². The Labute approximate surface area is 196 Å². The molecule has 178 valence electrons. The van der Waals surface area contributed by atoms with E-state index in [0.717, 1.165) is 44.7 Å². The van der Waals surface area contributed by atoms with E-state index in [1.54, 1.807) is 6.33 Å². The minimum Gasteiger partial charge on any atom is -0.465 e. The van der Waals surface area contributed by atoms with Crippen LogP contribution in [0.3, 0.4) is 0 Å². The van der Waals surface area contributed by atoms with Gasteiger partial charge in [-0.25, -0.2) is 14.8 Å². The number of aliphatic hydroxyl groups excluding tert-OH is 1. The van der Waals surface area contributed by atoms with E-state index < -0.39 is 6.09 Å². The van der Waals surface area contributed by atoms with Gasteiger partial charge in [-0.15, -0.1) is 0 Å². The Kier molecular flexibility index (Phi) is 5.84. The van der Waals surface area contributed by atoms with Crippen LogP contribution in [0.1, 0.15) is 5.56 Å². The van der Waals surface area contributed by atoms with Gasteiger partial charge in [0.15, 0.2) is 5.82 Å². The number of benzene rings is 1. The first kappa shape index (κ1) is 22.2. The van der Waals surface area contributed by atoms with E-state index in [1.165, 1.54) is 4.90 Å². The summed E-state index contributed by atoms with van der Waals surface area (Å²) in [5.74, 6) is 0.726. The van der Waals surface area contributed by atoms with Crippen molar-refractivity contribution in [3.05, 3.63) is 42.2 Å². The first-order chi connectivity index (χ1) is 16.5. The lowest BCUT2D eigenvalue weighted by Crippen LogP contribution is -2.56. The summed E-state index contributed by atoms with van der Waals surface area (Å²) in [6, 6.07) is 10.1. The van der Waals surface area contributed by atoms with Crippen molar-refractivity contribution in [3.8, 4) is 11.3 Å². The number of hydrogen-bond donors (Lipinski definition) is 4. The van der Waals surface area contributed by atoms with E-state index in [-0.39, 0.29) is 12.6 Å². The molecule has 4 N–H and O–H groups in total. The second-order valence-electron chi connectivity index (χ2n) is 8.77. The molecule has 0 bridgehead atoms. The number of imidazole rings is 1. The van der Waals surface area contributed by atoms with Crippen LogP contribution in [-0.2, 0) is 13.5 Å². The number of amides is 1. The van der Waals surface area contributed by atoms with E-state index >= 15 is 0 Å².